The number of rotatable bonds is 1. The van der Waals surface area contributed by atoms with Crippen LogP contribution in [0.25, 0.3) is 10.8 Å². The van der Waals surface area contributed by atoms with Crippen molar-refractivity contribution in [1.29, 1.82) is 0 Å². The molecular formula is C16H16O4. The molecule has 0 spiro atoms. The van der Waals surface area contributed by atoms with Crippen molar-refractivity contribution in [3.05, 3.63) is 35.4 Å². The van der Waals surface area contributed by atoms with Gasteiger partial charge in [-0.3, -0.25) is 4.79 Å². The number of aliphatic hydroxyl groups is 1. The van der Waals surface area contributed by atoms with E-state index in [0.29, 0.717) is 23.3 Å². The van der Waals surface area contributed by atoms with Gasteiger partial charge in [0, 0.05) is 23.4 Å². The topological polar surface area (TPSA) is 66.8 Å². The van der Waals surface area contributed by atoms with Gasteiger partial charge in [-0.25, -0.2) is 0 Å². The highest BCUT2D eigenvalue weighted by Gasteiger charge is 2.30. The van der Waals surface area contributed by atoms with Crippen molar-refractivity contribution in [1.82, 2.24) is 0 Å². The average Bonchev–Trinajstić information content (AvgIpc) is 2.42. The molecule has 0 heterocycles. The van der Waals surface area contributed by atoms with Crippen LogP contribution in [0.2, 0.25) is 0 Å². The summed E-state index contributed by atoms with van der Waals surface area (Å²) < 4.78 is 5.25. The minimum atomic E-state index is -0.652. The molecule has 2 N–H and O–H groups in total. The van der Waals surface area contributed by atoms with Crippen LogP contribution in [0.5, 0.6) is 11.5 Å². The maximum Gasteiger partial charge on any atom is 0.163 e. The van der Waals surface area contributed by atoms with Crippen molar-refractivity contribution in [2.75, 3.05) is 7.11 Å². The molecule has 0 bridgehead atoms. The van der Waals surface area contributed by atoms with E-state index in [1.165, 1.54) is 13.2 Å². The van der Waals surface area contributed by atoms with E-state index in [-0.39, 0.29) is 17.5 Å². The van der Waals surface area contributed by atoms with Crippen molar-refractivity contribution in [2.24, 2.45) is 5.92 Å². The van der Waals surface area contributed by atoms with Crippen molar-refractivity contribution in [3.8, 4) is 11.5 Å². The number of hydrogen-bond donors (Lipinski definition) is 2. The summed E-state index contributed by atoms with van der Waals surface area (Å²) in [6.07, 6.45) is -0.305. The lowest BCUT2D eigenvalue weighted by Crippen LogP contribution is -2.23. The third kappa shape index (κ3) is 1.84. The summed E-state index contributed by atoms with van der Waals surface area (Å²) in [5.41, 5.74) is 1.18. The van der Waals surface area contributed by atoms with Crippen LogP contribution in [0.1, 0.15) is 35.4 Å². The van der Waals surface area contributed by atoms with Crippen LogP contribution in [0.3, 0.4) is 0 Å². The van der Waals surface area contributed by atoms with Crippen LogP contribution >= 0.6 is 0 Å². The number of Topliss-reactive ketones (excluding diaryl/α,β-unsaturated/α-hetero) is 1. The number of aliphatic hydroxyl groups excluding tert-OH is 1. The van der Waals surface area contributed by atoms with Crippen LogP contribution in [-0.4, -0.2) is 23.1 Å². The van der Waals surface area contributed by atoms with Gasteiger partial charge in [-0.15, -0.1) is 0 Å². The Hall–Kier alpha value is -2.07. The molecule has 0 aromatic heterocycles. The first kappa shape index (κ1) is 12.9. The maximum absolute atomic E-state index is 12.2. The molecule has 0 saturated carbocycles. The van der Waals surface area contributed by atoms with E-state index in [0.717, 1.165) is 10.8 Å². The second-order valence-corrected chi connectivity index (χ2v) is 5.36. The van der Waals surface area contributed by atoms with Gasteiger partial charge in [-0.2, -0.15) is 0 Å². The first-order valence-corrected chi connectivity index (χ1v) is 6.57. The number of aromatic hydroxyl groups is 1. The molecule has 1 aliphatic carbocycles. The van der Waals surface area contributed by atoms with Crippen molar-refractivity contribution < 1.29 is 19.7 Å². The summed E-state index contributed by atoms with van der Waals surface area (Å²) >= 11 is 0. The number of benzene rings is 2. The number of ketones is 1. The Morgan fingerprint density at radius 3 is 2.70 bits per heavy atom. The molecule has 0 radical (unpaired) electrons. The fraction of sp³-hybridized carbons (Fsp3) is 0.312. The molecule has 0 fully saturated rings. The predicted octanol–water partition coefficient (Wildman–Crippen LogP) is 2.81. The molecule has 20 heavy (non-hydrogen) atoms. The van der Waals surface area contributed by atoms with Crippen LogP contribution in [-0.2, 0) is 0 Å². The largest absolute Gasteiger partial charge is 0.508 e. The Balaban J connectivity index is 2.33. The first-order chi connectivity index (χ1) is 9.51. The van der Waals surface area contributed by atoms with Crippen molar-refractivity contribution in [3.63, 3.8) is 0 Å². The molecule has 4 nitrogen and oxygen atoms in total. The summed E-state index contributed by atoms with van der Waals surface area (Å²) in [6.45, 7) is 1.86. The molecule has 3 rings (SSSR count). The molecule has 4 heteroatoms. The smallest absolute Gasteiger partial charge is 0.163 e. The fourth-order valence-electron chi connectivity index (χ4n) is 2.86. The highest BCUT2D eigenvalue weighted by atomic mass is 16.5. The number of phenols is 1. The summed E-state index contributed by atoms with van der Waals surface area (Å²) in [4.78, 5) is 12.2. The Morgan fingerprint density at radius 1 is 1.25 bits per heavy atom. The van der Waals surface area contributed by atoms with Crippen LogP contribution < -0.4 is 4.74 Å². The Morgan fingerprint density at radius 2 is 2.00 bits per heavy atom. The van der Waals surface area contributed by atoms with Gasteiger partial charge in [-0.05, 0) is 35.1 Å². The van der Waals surface area contributed by atoms with Gasteiger partial charge < -0.3 is 14.9 Å². The van der Waals surface area contributed by atoms with Gasteiger partial charge in [0.2, 0.25) is 0 Å². The number of hydrogen-bond acceptors (Lipinski definition) is 4. The average molecular weight is 272 g/mol. The number of fused-ring (bicyclic) bond motifs is 2. The molecule has 0 aliphatic heterocycles. The summed E-state index contributed by atoms with van der Waals surface area (Å²) in [6, 6.07) is 6.64. The van der Waals surface area contributed by atoms with Gasteiger partial charge in [0.15, 0.2) is 5.78 Å². The monoisotopic (exact) mass is 272 g/mol. The second kappa shape index (κ2) is 4.49. The van der Waals surface area contributed by atoms with Gasteiger partial charge >= 0.3 is 0 Å². The number of ether oxygens (including phenoxy) is 1. The van der Waals surface area contributed by atoms with Gasteiger partial charge in [-0.1, -0.05) is 6.92 Å². The molecule has 2 atom stereocenters. The maximum atomic E-state index is 12.2. The fourth-order valence-corrected chi connectivity index (χ4v) is 2.86. The van der Waals surface area contributed by atoms with Gasteiger partial charge in [0.05, 0.1) is 13.2 Å². The summed E-state index contributed by atoms with van der Waals surface area (Å²) in [5, 5.41) is 21.5. The number of carbonyl (C=O) groups excluding carboxylic acids is 1. The van der Waals surface area contributed by atoms with Crippen LogP contribution in [0, 0.1) is 5.92 Å². The highest BCUT2D eigenvalue weighted by molar-refractivity contribution is 6.04. The number of carbonyl (C=O) groups is 1. The Kier molecular flexibility index (Phi) is 2.91. The van der Waals surface area contributed by atoms with E-state index >= 15 is 0 Å². The third-order valence-electron chi connectivity index (χ3n) is 3.95. The molecule has 0 unspecified atom stereocenters. The van der Waals surface area contributed by atoms with E-state index in [1.54, 1.807) is 18.2 Å². The summed E-state index contributed by atoms with van der Waals surface area (Å²) in [5.74, 6) is 0.559. The first-order valence-electron chi connectivity index (χ1n) is 6.57. The normalized spacial score (nSPS) is 21.9. The lowest BCUT2D eigenvalue weighted by Gasteiger charge is -2.27. The lowest BCUT2D eigenvalue weighted by atomic mass is 9.80. The third-order valence-corrected chi connectivity index (χ3v) is 3.95. The van der Waals surface area contributed by atoms with E-state index in [1.807, 2.05) is 6.92 Å². The predicted molar refractivity (Wildman–Crippen MR) is 75.2 cm³/mol. The van der Waals surface area contributed by atoms with E-state index in [2.05, 4.69) is 0 Å². The Bertz CT molecular complexity index is 705. The molecule has 2 aromatic rings. The second-order valence-electron chi connectivity index (χ2n) is 5.36. The zero-order chi connectivity index (χ0) is 14.4. The standard InChI is InChI=1S/C16H16O4/c1-8-3-14(18)12-7-11-9(5-13(12)16(8)19)4-10(17)6-15(11)20-2/h4-8,16-17,19H,3H2,1-2H3/t8-,16+/m1/s1. The lowest BCUT2D eigenvalue weighted by molar-refractivity contribution is 0.0752. The molecule has 2 aromatic carbocycles. The molecular weight excluding hydrogens is 256 g/mol. The minimum absolute atomic E-state index is 0.0369. The molecule has 104 valence electrons. The SMILES string of the molecule is COc1cc(O)cc2cc3c(cc12)C(=O)C[C@@H](C)[C@@H]3O. The Labute approximate surface area is 116 Å². The summed E-state index contributed by atoms with van der Waals surface area (Å²) in [7, 11) is 1.52. The minimum Gasteiger partial charge on any atom is -0.508 e. The van der Waals surface area contributed by atoms with E-state index in [4.69, 9.17) is 4.74 Å². The van der Waals surface area contributed by atoms with E-state index in [9.17, 15) is 15.0 Å². The number of phenolic OH excluding ortho intramolecular Hbond substituents is 1. The zero-order valence-corrected chi connectivity index (χ0v) is 11.4. The molecule has 1 aliphatic rings. The van der Waals surface area contributed by atoms with Crippen molar-refractivity contribution in [2.45, 2.75) is 19.4 Å². The van der Waals surface area contributed by atoms with Crippen molar-refractivity contribution >= 4 is 16.6 Å². The van der Waals surface area contributed by atoms with Gasteiger partial charge in [0.25, 0.3) is 0 Å². The molecule has 0 saturated heterocycles. The van der Waals surface area contributed by atoms with Gasteiger partial charge in [0.1, 0.15) is 11.5 Å². The van der Waals surface area contributed by atoms with E-state index < -0.39 is 6.10 Å². The van der Waals surface area contributed by atoms with Crippen LogP contribution in [0.15, 0.2) is 24.3 Å². The quantitative estimate of drug-likeness (QED) is 0.837. The zero-order valence-electron chi connectivity index (χ0n) is 11.4. The highest BCUT2D eigenvalue weighted by Crippen LogP contribution is 2.39. The number of methoxy groups -OCH3 is 1. The van der Waals surface area contributed by atoms with Crippen LogP contribution in [0.4, 0.5) is 0 Å². The molecule has 0 amide bonds.